The zero-order valence-electron chi connectivity index (χ0n) is 17.4. The summed E-state index contributed by atoms with van der Waals surface area (Å²) in [7, 11) is -3.38. The van der Waals surface area contributed by atoms with Gasteiger partial charge < -0.3 is 5.32 Å². The number of benzene rings is 1. The molecule has 2 rings (SSSR count). The number of nitrogens with zero attached hydrogens (tertiary/aromatic N) is 1. The van der Waals surface area contributed by atoms with E-state index >= 15 is 0 Å². The average molecular weight is 427 g/mol. The molecule has 0 radical (unpaired) electrons. The quantitative estimate of drug-likeness (QED) is 0.574. The first-order valence-electron chi connectivity index (χ1n) is 10.2. The van der Waals surface area contributed by atoms with E-state index in [-0.39, 0.29) is 5.91 Å². The van der Waals surface area contributed by atoms with Gasteiger partial charge in [0.25, 0.3) is 0 Å². The molecule has 1 amide bonds. The van der Waals surface area contributed by atoms with Gasteiger partial charge in [0.2, 0.25) is 15.9 Å². The van der Waals surface area contributed by atoms with Crippen LogP contribution in [0.3, 0.4) is 0 Å². The molecule has 1 fully saturated rings. The normalized spacial score (nSPS) is 15.4. The summed E-state index contributed by atoms with van der Waals surface area (Å²) < 4.78 is 25.8. The maximum absolute atomic E-state index is 12.2. The molecule has 158 valence electrons. The predicted octanol–water partition coefficient (Wildman–Crippen LogP) is 4.03. The Morgan fingerprint density at radius 2 is 1.79 bits per heavy atom. The lowest BCUT2D eigenvalue weighted by molar-refractivity contribution is -0.121. The third kappa shape index (κ3) is 8.03. The minimum atomic E-state index is -3.38. The van der Waals surface area contributed by atoms with Gasteiger partial charge in [-0.3, -0.25) is 9.10 Å². The molecule has 0 aromatic heterocycles. The second-order valence-electron chi connectivity index (χ2n) is 7.77. The minimum Gasteiger partial charge on any atom is -0.355 e. The number of sulfonamides is 1. The van der Waals surface area contributed by atoms with Crippen molar-refractivity contribution in [2.75, 3.05) is 29.4 Å². The van der Waals surface area contributed by atoms with Crippen molar-refractivity contribution in [2.45, 2.75) is 64.0 Å². The lowest BCUT2D eigenvalue weighted by Crippen LogP contribution is -2.32. The van der Waals surface area contributed by atoms with Gasteiger partial charge in [-0.25, -0.2) is 8.42 Å². The van der Waals surface area contributed by atoms with Gasteiger partial charge in [-0.05, 0) is 56.4 Å². The van der Waals surface area contributed by atoms with Crippen molar-refractivity contribution < 1.29 is 13.2 Å². The number of aryl methyl sites for hydroxylation is 2. The molecule has 0 spiro atoms. The van der Waals surface area contributed by atoms with Crippen LogP contribution in [0.15, 0.2) is 18.2 Å². The standard InChI is InChI=1S/C21H34N2O3S2/c1-17-14-18(2)16-19(15-17)23(28(3,25)26)12-7-10-21(24)22-11-13-27-20-8-5-4-6-9-20/h14-16,20H,4-13H2,1-3H3,(H,22,24). The number of thioether (sulfide) groups is 1. The van der Waals surface area contributed by atoms with Crippen molar-refractivity contribution in [3.8, 4) is 0 Å². The van der Waals surface area contributed by atoms with Crippen LogP contribution in [0, 0.1) is 13.8 Å². The average Bonchev–Trinajstić information content (AvgIpc) is 2.61. The summed E-state index contributed by atoms with van der Waals surface area (Å²) in [6, 6.07) is 5.76. The number of hydrogen-bond donors (Lipinski definition) is 1. The number of carbonyl (C=O) groups is 1. The Morgan fingerprint density at radius 1 is 1.14 bits per heavy atom. The van der Waals surface area contributed by atoms with Crippen LogP contribution >= 0.6 is 11.8 Å². The molecule has 0 atom stereocenters. The van der Waals surface area contributed by atoms with E-state index in [2.05, 4.69) is 5.32 Å². The highest BCUT2D eigenvalue weighted by Crippen LogP contribution is 2.27. The summed E-state index contributed by atoms with van der Waals surface area (Å²) in [6.07, 6.45) is 8.69. The minimum absolute atomic E-state index is 0.00174. The molecule has 1 aromatic carbocycles. The molecule has 0 saturated heterocycles. The lowest BCUT2D eigenvalue weighted by Gasteiger charge is -2.23. The molecule has 28 heavy (non-hydrogen) atoms. The summed E-state index contributed by atoms with van der Waals surface area (Å²) >= 11 is 1.97. The van der Waals surface area contributed by atoms with E-state index in [4.69, 9.17) is 0 Å². The fraction of sp³-hybridized carbons (Fsp3) is 0.667. The molecule has 1 aliphatic carbocycles. The maximum atomic E-state index is 12.2. The highest BCUT2D eigenvalue weighted by Gasteiger charge is 2.18. The van der Waals surface area contributed by atoms with Crippen LogP contribution in [0.1, 0.15) is 56.1 Å². The van der Waals surface area contributed by atoms with Crippen molar-refractivity contribution in [1.29, 1.82) is 0 Å². The number of anilines is 1. The van der Waals surface area contributed by atoms with Crippen molar-refractivity contribution in [3.05, 3.63) is 29.3 Å². The molecule has 0 aliphatic heterocycles. The molecule has 1 saturated carbocycles. The summed E-state index contributed by atoms with van der Waals surface area (Å²) in [5.74, 6) is 0.951. The number of nitrogens with one attached hydrogen (secondary N) is 1. The number of carbonyl (C=O) groups excluding carboxylic acids is 1. The third-order valence-corrected chi connectivity index (χ3v) is 7.57. The first-order chi connectivity index (χ1) is 13.3. The highest BCUT2D eigenvalue weighted by molar-refractivity contribution is 7.99. The topological polar surface area (TPSA) is 66.5 Å². The van der Waals surface area contributed by atoms with Gasteiger partial charge in [0, 0.05) is 30.5 Å². The molecular formula is C21H34N2O3S2. The Labute approximate surface area is 174 Å². The van der Waals surface area contributed by atoms with E-state index in [9.17, 15) is 13.2 Å². The zero-order chi connectivity index (χ0) is 20.6. The van der Waals surface area contributed by atoms with Gasteiger partial charge in [0.05, 0.1) is 11.9 Å². The van der Waals surface area contributed by atoms with E-state index in [1.807, 2.05) is 43.8 Å². The zero-order valence-corrected chi connectivity index (χ0v) is 19.0. The summed E-state index contributed by atoms with van der Waals surface area (Å²) in [5.41, 5.74) is 2.72. The van der Waals surface area contributed by atoms with E-state index in [0.29, 0.717) is 31.6 Å². The molecule has 5 nitrogen and oxygen atoms in total. The van der Waals surface area contributed by atoms with Crippen molar-refractivity contribution in [3.63, 3.8) is 0 Å². The summed E-state index contributed by atoms with van der Waals surface area (Å²) in [4.78, 5) is 12.1. The van der Waals surface area contributed by atoms with Gasteiger partial charge in [-0.1, -0.05) is 25.3 Å². The molecule has 1 N–H and O–H groups in total. The van der Waals surface area contributed by atoms with Crippen LogP contribution < -0.4 is 9.62 Å². The second-order valence-corrected chi connectivity index (χ2v) is 11.1. The highest BCUT2D eigenvalue weighted by atomic mass is 32.2. The SMILES string of the molecule is Cc1cc(C)cc(N(CCCC(=O)NCCSC2CCCCC2)S(C)(=O)=O)c1. The van der Waals surface area contributed by atoms with Crippen LogP contribution in [0.4, 0.5) is 5.69 Å². The van der Waals surface area contributed by atoms with Crippen LogP contribution in [0.5, 0.6) is 0 Å². The fourth-order valence-electron chi connectivity index (χ4n) is 3.70. The van der Waals surface area contributed by atoms with Crippen molar-refractivity contribution in [2.24, 2.45) is 0 Å². The summed E-state index contributed by atoms with van der Waals surface area (Å²) in [6.45, 7) is 4.91. The van der Waals surface area contributed by atoms with Crippen LogP contribution in [0.2, 0.25) is 0 Å². The maximum Gasteiger partial charge on any atom is 0.232 e. The Balaban J connectivity index is 1.74. The van der Waals surface area contributed by atoms with Gasteiger partial charge in [-0.2, -0.15) is 11.8 Å². The van der Waals surface area contributed by atoms with Crippen LogP contribution in [-0.2, 0) is 14.8 Å². The summed E-state index contributed by atoms with van der Waals surface area (Å²) in [5, 5.41) is 3.72. The molecule has 1 aromatic rings. The molecular weight excluding hydrogens is 392 g/mol. The van der Waals surface area contributed by atoms with Gasteiger partial charge in [0.1, 0.15) is 0 Å². The number of amides is 1. The molecule has 0 unspecified atom stereocenters. The predicted molar refractivity (Wildman–Crippen MR) is 120 cm³/mol. The Bertz CT molecular complexity index is 724. The number of hydrogen-bond acceptors (Lipinski definition) is 4. The van der Waals surface area contributed by atoms with Crippen LogP contribution in [0.25, 0.3) is 0 Å². The largest absolute Gasteiger partial charge is 0.355 e. The second kappa shape index (κ2) is 11.1. The first-order valence-corrected chi connectivity index (χ1v) is 13.1. The van der Waals surface area contributed by atoms with Gasteiger partial charge in [-0.15, -0.1) is 0 Å². The third-order valence-electron chi connectivity index (χ3n) is 4.99. The van der Waals surface area contributed by atoms with E-state index in [1.165, 1.54) is 42.7 Å². The smallest absolute Gasteiger partial charge is 0.232 e. The molecule has 1 aliphatic rings. The first kappa shape index (κ1) is 23.1. The molecule has 0 heterocycles. The fourth-order valence-corrected chi connectivity index (χ4v) is 5.87. The van der Waals surface area contributed by atoms with Crippen molar-refractivity contribution in [1.82, 2.24) is 5.32 Å². The molecule has 0 bridgehead atoms. The number of rotatable bonds is 10. The van der Waals surface area contributed by atoms with Gasteiger partial charge >= 0.3 is 0 Å². The Hall–Kier alpha value is -1.21. The monoisotopic (exact) mass is 426 g/mol. The van der Waals surface area contributed by atoms with Crippen molar-refractivity contribution >= 4 is 33.4 Å². The molecule has 7 heteroatoms. The van der Waals surface area contributed by atoms with E-state index < -0.39 is 10.0 Å². The Morgan fingerprint density at radius 3 is 2.39 bits per heavy atom. The van der Waals surface area contributed by atoms with E-state index in [1.54, 1.807) is 0 Å². The van der Waals surface area contributed by atoms with Gasteiger partial charge in [0.15, 0.2) is 0 Å². The Kier molecular flexibility index (Phi) is 9.15. The van der Waals surface area contributed by atoms with E-state index in [0.717, 1.165) is 22.1 Å². The lowest BCUT2D eigenvalue weighted by atomic mass is 10.0. The van der Waals surface area contributed by atoms with Crippen LogP contribution in [-0.4, -0.2) is 44.7 Å².